The van der Waals surface area contributed by atoms with E-state index in [0.717, 1.165) is 13.0 Å². The van der Waals surface area contributed by atoms with Gasteiger partial charge < -0.3 is 13.7 Å². The first-order valence-electron chi connectivity index (χ1n) is 8.76. The van der Waals surface area contributed by atoms with Gasteiger partial charge in [-0.15, -0.1) is 0 Å². The van der Waals surface area contributed by atoms with Crippen molar-refractivity contribution in [3.05, 3.63) is 0 Å². The van der Waals surface area contributed by atoms with E-state index in [9.17, 15) is 0 Å². The summed E-state index contributed by atoms with van der Waals surface area (Å²) in [5.41, 5.74) is -0.412. The van der Waals surface area contributed by atoms with Gasteiger partial charge in [0, 0.05) is 6.61 Å². The predicted molar refractivity (Wildman–Crippen MR) is 95.7 cm³/mol. The fourth-order valence-corrected chi connectivity index (χ4v) is 3.74. The minimum Gasteiger partial charge on any atom is -0.417 e. The van der Waals surface area contributed by atoms with E-state index in [1.54, 1.807) is 0 Å². The average Bonchev–Trinajstić information content (AvgIpc) is 3.00. The van der Waals surface area contributed by atoms with Crippen molar-refractivity contribution >= 4 is 15.4 Å². The van der Waals surface area contributed by atoms with Crippen molar-refractivity contribution in [3.63, 3.8) is 0 Å². The molecule has 128 valence electrons. The van der Waals surface area contributed by atoms with E-state index in [1.807, 2.05) is 0 Å². The molecule has 22 heavy (non-hydrogen) atoms. The molecule has 0 spiro atoms. The van der Waals surface area contributed by atoms with Crippen molar-refractivity contribution in [2.24, 2.45) is 5.92 Å². The summed E-state index contributed by atoms with van der Waals surface area (Å²) < 4.78 is 18.6. The zero-order valence-corrected chi connectivity index (χ0v) is 17.1. The molecule has 1 heterocycles. The van der Waals surface area contributed by atoms with E-state index in [1.165, 1.54) is 6.42 Å². The SMILES string of the molecule is CC1(C)OB(C2CC2CCO[Si](C)(C)C(C)(C)C)OC1(C)C. The van der Waals surface area contributed by atoms with Crippen LogP contribution in [0, 0.1) is 5.92 Å². The highest BCUT2D eigenvalue weighted by molar-refractivity contribution is 6.74. The number of rotatable bonds is 5. The number of hydrogen-bond acceptors (Lipinski definition) is 3. The topological polar surface area (TPSA) is 27.7 Å². The Hall–Kier alpha value is 0.162. The van der Waals surface area contributed by atoms with Crippen molar-refractivity contribution in [3.8, 4) is 0 Å². The molecule has 2 fully saturated rings. The molecule has 3 nitrogen and oxygen atoms in total. The summed E-state index contributed by atoms with van der Waals surface area (Å²) >= 11 is 0. The van der Waals surface area contributed by atoms with Gasteiger partial charge >= 0.3 is 7.12 Å². The molecule has 2 rings (SSSR count). The van der Waals surface area contributed by atoms with Gasteiger partial charge in [0.15, 0.2) is 8.32 Å². The molecule has 0 amide bonds. The molecule has 1 aliphatic carbocycles. The van der Waals surface area contributed by atoms with Crippen LogP contribution in [0.2, 0.25) is 23.9 Å². The van der Waals surface area contributed by atoms with Crippen LogP contribution in [0.15, 0.2) is 0 Å². The van der Waals surface area contributed by atoms with Gasteiger partial charge in [0.05, 0.1) is 11.2 Å². The maximum absolute atomic E-state index is 6.29. The first kappa shape index (κ1) is 18.5. The van der Waals surface area contributed by atoms with E-state index >= 15 is 0 Å². The highest BCUT2D eigenvalue weighted by Crippen LogP contribution is 2.54. The van der Waals surface area contributed by atoms with Gasteiger partial charge in [-0.05, 0) is 70.4 Å². The summed E-state index contributed by atoms with van der Waals surface area (Å²) in [5, 5.41) is 0.293. The fraction of sp³-hybridized carbons (Fsp3) is 1.00. The molecular weight excluding hydrogens is 291 g/mol. The molecule has 1 saturated heterocycles. The molecular formula is C17H35BO3Si. The van der Waals surface area contributed by atoms with Crippen LogP contribution in [0.5, 0.6) is 0 Å². The Morgan fingerprint density at radius 3 is 2.05 bits per heavy atom. The lowest BCUT2D eigenvalue weighted by Crippen LogP contribution is -2.41. The van der Waals surface area contributed by atoms with E-state index in [0.29, 0.717) is 16.8 Å². The molecule has 0 radical (unpaired) electrons. The normalized spacial score (nSPS) is 30.7. The lowest BCUT2D eigenvalue weighted by molar-refractivity contribution is 0.00578. The highest BCUT2D eigenvalue weighted by Gasteiger charge is 2.59. The molecule has 1 saturated carbocycles. The quantitative estimate of drug-likeness (QED) is 0.674. The zero-order valence-electron chi connectivity index (χ0n) is 16.1. The van der Waals surface area contributed by atoms with Crippen molar-refractivity contribution < 1.29 is 13.7 Å². The van der Waals surface area contributed by atoms with Gasteiger partial charge in [-0.1, -0.05) is 20.8 Å². The van der Waals surface area contributed by atoms with Gasteiger partial charge in [-0.3, -0.25) is 0 Å². The third-order valence-electron chi connectivity index (χ3n) is 6.36. The molecule has 0 bridgehead atoms. The van der Waals surface area contributed by atoms with Crippen LogP contribution in [-0.4, -0.2) is 33.2 Å². The van der Waals surface area contributed by atoms with Crippen LogP contribution in [0.4, 0.5) is 0 Å². The Labute approximate surface area is 138 Å². The van der Waals surface area contributed by atoms with Crippen LogP contribution < -0.4 is 0 Å². The highest BCUT2D eigenvalue weighted by atomic mass is 28.4. The van der Waals surface area contributed by atoms with Crippen LogP contribution >= 0.6 is 0 Å². The molecule has 2 aliphatic rings. The summed E-state index contributed by atoms with van der Waals surface area (Å²) in [6.07, 6.45) is 2.36. The maximum Gasteiger partial charge on any atom is 0.461 e. The van der Waals surface area contributed by atoms with Crippen molar-refractivity contribution in [1.82, 2.24) is 0 Å². The van der Waals surface area contributed by atoms with Gasteiger partial charge in [0.25, 0.3) is 0 Å². The number of hydrogen-bond donors (Lipinski definition) is 0. The van der Waals surface area contributed by atoms with Crippen molar-refractivity contribution in [2.45, 2.75) is 96.5 Å². The molecule has 2 unspecified atom stereocenters. The maximum atomic E-state index is 6.29. The van der Waals surface area contributed by atoms with Crippen molar-refractivity contribution in [1.29, 1.82) is 0 Å². The summed E-state index contributed by atoms with van der Waals surface area (Å²) in [4.78, 5) is 0. The smallest absolute Gasteiger partial charge is 0.417 e. The fourth-order valence-electron chi connectivity index (χ4n) is 2.68. The van der Waals surface area contributed by atoms with E-state index in [4.69, 9.17) is 13.7 Å². The minimum absolute atomic E-state index is 0.0251. The lowest BCUT2D eigenvalue weighted by Gasteiger charge is -2.36. The molecule has 0 aromatic heterocycles. The second-order valence-electron chi connectivity index (χ2n) is 9.68. The largest absolute Gasteiger partial charge is 0.461 e. The van der Waals surface area contributed by atoms with Gasteiger partial charge in [-0.25, -0.2) is 0 Å². The van der Waals surface area contributed by atoms with Crippen LogP contribution in [0.3, 0.4) is 0 Å². The summed E-state index contributed by atoms with van der Waals surface area (Å²) in [7, 11) is -1.63. The average molecular weight is 326 g/mol. The predicted octanol–water partition coefficient (Wildman–Crippen LogP) is 4.88. The van der Waals surface area contributed by atoms with Crippen LogP contribution in [-0.2, 0) is 13.7 Å². The molecule has 0 N–H and O–H groups in total. The first-order chi connectivity index (χ1) is 9.77. The summed E-state index contributed by atoms with van der Waals surface area (Å²) in [6, 6.07) is 0. The second-order valence-corrected chi connectivity index (χ2v) is 14.5. The van der Waals surface area contributed by atoms with Gasteiger partial charge in [-0.2, -0.15) is 0 Å². The Bertz CT molecular complexity index is 399. The monoisotopic (exact) mass is 326 g/mol. The van der Waals surface area contributed by atoms with Crippen LogP contribution in [0.25, 0.3) is 0 Å². The standard InChI is InChI=1S/C17H35BO3Si/c1-15(2,3)22(8,9)19-11-10-13-12-14(13)18-20-16(4,5)17(6,7)21-18/h13-14H,10-12H2,1-9H3. The van der Waals surface area contributed by atoms with E-state index in [-0.39, 0.29) is 18.3 Å². The molecule has 1 aliphatic heterocycles. The van der Waals surface area contributed by atoms with E-state index in [2.05, 4.69) is 61.6 Å². The summed E-state index contributed by atoms with van der Waals surface area (Å²) in [5.74, 6) is 1.27. The Kier molecular flexibility index (Phi) is 4.72. The second kappa shape index (κ2) is 5.61. The summed E-state index contributed by atoms with van der Waals surface area (Å²) in [6.45, 7) is 20.9. The Balaban J connectivity index is 1.76. The third-order valence-corrected chi connectivity index (χ3v) is 10.9. The Morgan fingerprint density at radius 2 is 1.59 bits per heavy atom. The first-order valence-corrected chi connectivity index (χ1v) is 11.7. The zero-order chi connectivity index (χ0) is 17.0. The molecule has 2 atom stereocenters. The third kappa shape index (κ3) is 3.63. The van der Waals surface area contributed by atoms with Gasteiger partial charge in [0.1, 0.15) is 0 Å². The molecule has 5 heteroatoms. The van der Waals surface area contributed by atoms with Crippen molar-refractivity contribution in [2.75, 3.05) is 6.61 Å². The lowest BCUT2D eigenvalue weighted by atomic mass is 9.80. The van der Waals surface area contributed by atoms with Crippen LogP contribution in [0.1, 0.15) is 61.3 Å². The minimum atomic E-state index is -1.61. The molecule has 0 aromatic rings. The Morgan fingerprint density at radius 1 is 1.09 bits per heavy atom. The van der Waals surface area contributed by atoms with Gasteiger partial charge in [0.2, 0.25) is 0 Å². The van der Waals surface area contributed by atoms with E-state index < -0.39 is 8.32 Å². The molecule has 0 aromatic carbocycles.